The summed E-state index contributed by atoms with van der Waals surface area (Å²) in [5, 5.41) is 3.47. The Balaban J connectivity index is 0.00000180. The Hall–Kier alpha value is -0.280. The molecule has 1 amide bonds. The molecule has 0 aliphatic carbocycles. The first-order chi connectivity index (χ1) is 8.77. The van der Waals surface area contributed by atoms with Crippen molar-refractivity contribution in [1.82, 2.24) is 10.2 Å². The van der Waals surface area contributed by atoms with Crippen LogP contribution in [0.2, 0.25) is 0 Å². The molecule has 2 heterocycles. The second-order valence-electron chi connectivity index (χ2n) is 5.87. The van der Waals surface area contributed by atoms with Crippen LogP contribution < -0.4 is 5.32 Å². The number of fused-ring (bicyclic) bond motifs is 2. The molecule has 0 aromatic heterocycles. The summed E-state index contributed by atoms with van der Waals surface area (Å²) in [5.41, 5.74) is 0. The predicted octanol–water partition coefficient (Wildman–Crippen LogP) is 2.98. The van der Waals surface area contributed by atoms with E-state index in [4.69, 9.17) is 0 Å². The summed E-state index contributed by atoms with van der Waals surface area (Å²) in [7, 11) is 0. The van der Waals surface area contributed by atoms with Crippen molar-refractivity contribution in [1.29, 1.82) is 0 Å². The van der Waals surface area contributed by atoms with Gasteiger partial charge in [-0.05, 0) is 38.6 Å². The number of carbonyl (C=O) groups excluding carboxylic acids is 1. The Morgan fingerprint density at radius 1 is 1.26 bits per heavy atom. The van der Waals surface area contributed by atoms with E-state index in [1.807, 2.05) is 0 Å². The van der Waals surface area contributed by atoms with Crippen molar-refractivity contribution in [3.63, 3.8) is 0 Å². The van der Waals surface area contributed by atoms with Crippen LogP contribution in [0.5, 0.6) is 0 Å². The molecule has 2 rings (SSSR count). The van der Waals surface area contributed by atoms with Gasteiger partial charge in [0.15, 0.2) is 0 Å². The monoisotopic (exact) mass is 288 g/mol. The van der Waals surface area contributed by atoms with Crippen molar-refractivity contribution in [3.05, 3.63) is 0 Å². The maximum atomic E-state index is 12.7. The molecule has 2 bridgehead atoms. The maximum absolute atomic E-state index is 12.7. The summed E-state index contributed by atoms with van der Waals surface area (Å²) in [4.78, 5) is 15.0. The van der Waals surface area contributed by atoms with Crippen LogP contribution in [0.25, 0.3) is 0 Å². The first-order valence-corrected chi connectivity index (χ1v) is 7.80. The molecule has 0 aromatic carbocycles. The van der Waals surface area contributed by atoms with Crippen LogP contribution in [-0.4, -0.2) is 36.0 Å². The molecule has 0 aromatic rings. The molecule has 112 valence electrons. The van der Waals surface area contributed by atoms with E-state index in [0.29, 0.717) is 18.0 Å². The number of carbonyl (C=O) groups is 1. The van der Waals surface area contributed by atoms with E-state index >= 15 is 0 Å². The van der Waals surface area contributed by atoms with E-state index < -0.39 is 0 Å². The molecule has 3 unspecified atom stereocenters. The number of nitrogens with one attached hydrogen (secondary N) is 1. The molecule has 1 N–H and O–H groups in total. The largest absolute Gasteiger partial charge is 0.335 e. The van der Waals surface area contributed by atoms with E-state index in [-0.39, 0.29) is 18.3 Å². The van der Waals surface area contributed by atoms with Gasteiger partial charge in [-0.3, -0.25) is 4.79 Å². The molecule has 2 aliphatic heterocycles. The third-order valence-electron chi connectivity index (χ3n) is 4.66. The van der Waals surface area contributed by atoms with Gasteiger partial charge in [0.25, 0.3) is 0 Å². The Labute approximate surface area is 123 Å². The Morgan fingerprint density at radius 3 is 2.68 bits per heavy atom. The summed E-state index contributed by atoms with van der Waals surface area (Å²) in [6.07, 6.45) is 8.03. The zero-order chi connectivity index (χ0) is 13.0. The highest BCUT2D eigenvalue weighted by Crippen LogP contribution is 2.31. The van der Waals surface area contributed by atoms with Crippen molar-refractivity contribution < 1.29 is 4.79 Å². The van der Waals surface area contributed by atoms with Crippen LogP contribution in [0, 0.1) is 5.92 Å². The summed E-state index contributed by atoms with van der Waals surface area (Å²) in [6, 6.07) is 0.994. The van der Waals surface area contributed by atoms with Crippen molar-refractivity contribution in [2.45, 2.75) is 70.9 Å². The lowest BCUT2D eigenvalue weighted by molar-refractivity contribution is -0.138. The van der Waals surface area contributed by atoms with Crippen LogP contribution in [0.1, 0.15) is 58.8 Å². The average molecular weight is 289 g/mol. The van der Waals surface area contributed by atoms with Crippen LogP contribution in [0.3, 0.4) is 0 Å². The summed E-state index contributed by atoms with van der Waals surface area (Å²) >= 11 is 0. The van der Waals surface area contributed by atoms with Gasteiger partial charge in [0.2, 0.25) is 5.91 Å². The molecule has 4 heteroatoms. The Kier molecular flexibility index (Phi) is 7.16. The molecule has 0 radical (unpaired) electrons. The van der Waals surface area contributed by atoms with Crippen molar-refractivity contribution in [2.24, 2.45) is 5.92 Å². The number of hydrogen-bond donors (Lipinski definition) is 1. The number of amides is 1. The lowest BCUT2D eigenvalue weighted by Gasteiger charge is -2.31. The van der Waals surface area contributed by atoms with Crippen molar-refractivity contribution >= 4 is 18.3 Å². The zero-order valence-corrected chi connectivity index (χ0v) is 13.2. The first-order valence-electron chi connectivity index (χ1n) is 7.80. The highest BCUT2D eigenvalue weighted by molar-refractivity contribution is 5.85. The van der Waals surface area contributed by atoms with Crippen LogP contribution in [-0.2, 0) is 4.79 Å². The molecule has 0 spiro atoms. The number of hydrogen-bond acceptors (Lipinski definition) is 2. The van der Waals surface area contributed by atoms with Crippen LogP contribution >= 0.6 is 12.4 Å². The molecule has 19 heavy (non-hydrogen) atoms. The zero-order valence-electron chi connectivity index (χ0n) is 12.4. The minimum absolute atomic E-state index is 0. The molecule has 2 aliphatic rings. The fraction of sp³-hybridized carbons (Fsp3) is 0.933. The third-order valence-corrected chi connectivity index (χ3v) is 4.66. The molecular weight excluding hydrogens is 260 g/mol. The predicted molar refractivity (Wildman–Crippen MR) is 81.7 cm³/mol. The van der Waals surface area contributed by atoms with Gasteiger partial charge >= 0.3 is 0 Å². The van der Waals surface area contributed by atoms with E-state index in [1.165, 1.54) is 25.7 Å². The lowest BCUT2D eigenvalue weighted by Crippen LogP contribution is -2.45. The van der Waals surface area contributed by atoms with E-state index in [2.05, 4.69) is 24.1 Å². The lowest BCUT2D eigenvalue weighted by atomic mass is 9.97. The fourth-order valence-electron chi connectivity index (χ4n) is 3.51. The Morgan fingerprint density at radius 2 is 2.00 bits per heavy atom. The molecule has 2 saturated heterocycles. The topological polar surface area (TPSA) is 32.3 Å². The molecule has 2 fully saturated rings. The van der Waals surface area contributed by atoms with E-state index in [9.17, 15) is 4.79 Å². The number of unbranched alkanes of at least 4 members (excludes halogenated alkanes) is 1. The highest BCUT2D eigenvalue weighted by Gasteiger charge is 2.39. The number of nitrogens with zero attached hydrogens (tertiary/aromatic N) is 1. The summed E-state index contributed by atoms with van der Waals surface area (Å²) in [5.74, 6) is 0.716. The Bertz CT molecular complexity index is 271. The summed E-state index contributed by atoms with van der Waals surface area (Å²) < 4.78 is 0. The summed E-state index contributed by atoms with van der Waals surface area (Å²) in [6.45, 7) is 6.45. The van der Waals surface area contributed by atoms with Gasteiger partial charge in [-0.15, -0.1) is 12.4 Å². The van der Waals surface area contributed by atoms with E-state index in [1.54, 1.807) is 0 Å². The quantitative estimate of drug-likeness (QED) is 0.843. The molecule has 0 saturated carbocycles. The maximum Gasteiger partial charge on any atom is 0.226 e. The minimum atomic E-state index is 0. The SMILES string of the molecule is CCCCC(CC)C(=O)N1C2CCNCC1CC2.Cl. The smallest absolute Gasteiger partial charge is 0.226 e. The number of halogens is 1. The van der Waals surface area contributed by atoms with Gasteiger partial charge in [-0.2, -0.15) is 0 Å². The average Bonchev–Trinajstić information content (AvgIpc) is 2.63. The van der Waals surface area contributed by atoms with Crippen LogP contribution in [0.15, 0.2) is 0 Å². The van der Waals surface area contributed by atoms with Gasteiger partial charge in [-0.25, -0.2) is 0 Å². The highest BCUT2D eigenvalue weighted by atomic mass is 35.5. The van der Waals surface area contributed by atoms with Crippen molar-refractivity contribution in [2.75, 3.05) is 13.1 Å². The molecule has 3 atom stereocenters. The normalized spacial score (nSPS) is 27.6. The second kappa shape index (κ2) is 8.11. The molecule has 3 nitrogen and oxygen atoms in total. The van der Waals surface area contributed by atoms with Gasteiger partial charge in [-0.1, -0.05) is 26.7 Å². The van der Waals surface area contributed by atoms with Gasteiger partial charge in [0, 0.05) is 24.5 Å². The number of rotatable bonds is 5. The van der Waals surface area contributed by atoms with Crippen molar-refractivity contribution in [3.8, 4) is 0 Å². The van der Waals surface area contributed by atoms with E-state index in [0.717, 1.165) is 32.4 Å². The van der Waals surface area contributed by atoms with Gasteiger partial charge < -0.3 is 10.2 Å². The van der Waals surface area contributed by atoms with Gasteiger partial charge in [0.05, 0.1) is 0 Å². The first kappa shape index (κ1) is 16.8. The molecular formula is C15H29ClN2O. The fourth-order valence-corrected chi connectivity index (χ4v) is 3.51. The third kappa shape index (κ3) is 3.85. The van der Waals surface area contributed by atoms with Crippen LogP contribution in [0.4, 0.5) is 0 Å². The second-order valence-corrected chi connectivity index (χ2v) is 5.87. The minimum Gasteiger partial charge on any atom is -0.335 e. The van der Waals surface area contributed by atoms with Gasteiger partial charge in [0.1, 0.15) is 0 Å². The standard InChI is InChI=1S/C15H28N2O.ClH/c1-3-5-6-12(4-2)15(18)17-13-7-8-14(17)11-16-10-9-13;/h12-14,16H,3-11H2,1-2H3;1H.